The van der Waals surface area contributed by atoms with E-state index in [1.807, 2.05) is 18.2 Å². The first-order chi connectivity index (χ1) is 13.5. The molecule has 6 nitrogen and oxygen atoms in total. The number of nitrogens with one attached hydrogen (secondary N) is 2. The summed E-state index contributed by atoms with van der Waals surface area (Å²) in [5.74, 6) is 0.457. The van der Waals surface area contributed by atoms with Gasteiger partial charge < -0.3 is 10.1 Å². The van der Waals surface area contributed by atoms with E-state index >= 15 is 0 Å². The summed E-state index contributed by atoms with van der Waals surface area (Å²) in [4.78, 5) is 12.4. The summed E-state index contributed by atoms with van der Waals surface area (Å²) < 4.78 is 32.5. The van der Waals surface area contributed by atoms with Crippen molar-refractivity contribution in [3.05, 3.63) is 54.1 Å². The van der Waals surface area contributed by atoms with Crippen molar-refractivity contribution in [1.29, 1.82) is 0 Å². The zero-order chi connectivity index (χ0) is 20.4. The number of carbonyl (C=O) groups excluding carboxylic acids is 1. The fourth-order valence-electron chi connectivity index (χ4n) is 2.79. The maximum absolute atomic E-state index is 12.3. The van der Waals surface area contributed by atoms with Crippen molar-refractivity contribution >= 4 is 21.6 Å². The Hall–Kier alpha value is -2.38. The van der Waals surface area contributed by atoms with Crippen molar-refractivity contribution in [1.82, 2.24) is 4.72 Å². The molecule has 0 aromatic heterocycles. The van der Waals surface area contributed by atoms with Crippen LogP contribution in [0.4, 0.5) is 5.69 Å². The Labute approximate surface area is 167 Å². The number of sulfonamides is 1. The monoisotopic (exact) mass is 404 g/mol. The minimum absolute atomic E-state index is 0.170. The van der Waals surface area contributed by atoms with Gasteiger partial charge in [0.1, 0.15) is 5.75 Å². The number of amides is 1. The molecule has 0 aliphatic carbocycles. The second-order valence-corrected chi connectivity index (χ2v) is 8.29. The average Bonchev–Trinajstić information content (AvgIpc) is 2.68. The second-order valence-electron chi connectivity index (χ2n) is 6.52. The molecule has 7 heteroatoms. The summed E-state index contributed by atoms with van der Waals surface area (Å²) in [6.07, 6.45) is 4.21. The SMILES string of the molecule is CCCCCCNS(=O)(=O)c1ccc(NC(=O)Cc2ccccc2OC)cc1. The van der Waals surface area contributed by atoms with Gasteiger partial charge in [0.15, 0.2) is 0 Å². The number of unbranched alkanes of at least 4 members (excludes halogenated alkanes) is 3. The lowest BCUT2D eigenvalue weighted by Crippen LogP contribution is -2.24. The second kappa shape index (κ2) is 10.8. The van der Waals surface area contributed by atoms with Gasteiger partial charge in [-0.05, 0) is 36.8 Å². The lowest BCUT2D eigenvalue weighted by molar-refractivity contribution is -0.115. The molecule has 28 heavy (non-hydrogen) atoms. The van der Waals surface area contributed by atoms with Crippen LogP contribution < -0.4 is 14.8 Å². The molecule has 2 aromatic carbocycles. The van der Waals surface area contributed by atoms with Crippen LogP contribution in [0.2, 0.25) is 0 Å². The number of ether oxygens (including phenoxy) is 1. The summed E-state index contributed by atoms with van der Waals surface area (Å²) in [7, 11) is -1.97. The Balaban J connectivity index is 1.92. The van der Waals surface area contributed by atoms with E-state index in [1.165, 1.54) is 12.1 Å². The Kier molecular flexibility index (Phi) is 8.47. The highest BCUT2D eigenvalue weighted by molar-refractivity contribution is 7.89. The van der Waals surface area contributed by atoms with Crippen LogP contribution in [-0.2, 0) is 21.2 Å². The molecule has 0 unspecified atom stereocenters. The Bertz CT molecular complexity index is 864. The highest BCUT2D eigenvalue weighted by atomic mass is 32.2. The van der Waals surface area contributed by atoms with E-state index in [0.717, 1.165) is 31.2 Å². The Morgan fingerprint density at radius 1 is 1.00 bits per heavy atom. The third-order valence-electron chi connectivity index (χ3n) is 4.31. The van der Waals surface area contributed by atoms with Crippen LogP contribution in [0.1, 0.15) is 38.2 Å². The van der Waals surface area contributed by atoms with Crippen LogP contribution in [-0.4, -0.2) is 28.0 Å². The van der Waals surface area contributed by atoms with Crippen molar-refractivity contribution in [3.8, 4) is 5.75 Å². The minimum atomic E-state index is -3.53. The lowest BCUT2D eigenvalue weighted by atomic mass is 10.1. The summed E-state index contributed by atoms with van der Waals surface area (Å²) in [6.45, 7) is 2.54. The number of benzene rings is 2. The molecular weight excluding hydrogens is 376 g/mol. The first-order valence-electron chi connectivity index (χ1n) is 9.47. The van der Waals surface area contributed by atoms with Crippen LogP contribution in [0.25, 0.3) is 0 Å². The van der Waals surface area contributed by atoms with Crippen molar-refractivity contribution in [2.45, 2.75) is 43.9 Å². The number of hydrogen-bond acceptors (Lipinski definition) is 4. The van der Waals surface area contributed by atoms with Gasteiger partial charge in [0, 0.05) is 17.8 Å². The molecule has 0 bridgehead atoms. The maximum Gasteiger partial charge on any atom is 0.240 e. The molecule has 0 saturated carbocycles. The van der Waals surface area contributed by atoms with Gasteiger partial charge in [-0.3, -0.25) is 4.79 Å². The van der Waals surface area contributed by atoms with Gasteiger partial charge in [-0.25, -0.2) is 13.1 Å². The van der Waals surface area contributed by atoms with E-state index in [0.29, 0.717) is 18.0 Å². The lowest BCUT2D eigenvalue weighted by Gasteiger charge is -2.10. The molecular formula is C21H28N2O4S. The molecule has 1 amide bonds. The van der Waals surface area contributed by atoms with Gasteiger partial charge in [-0.1, -0.05) is 44.4 Å². The first-order valence-corrected chi connectivity index (χ1v) is 11.0. The first kappa shape index (κ1) is 21.9. The van der Waals surface area contributed by atoms with Gasteiger partial charge in [-0.2, -0.15) is 0 Å². The summed E-state index contributed by atoms with van der Waals surface area (Å²) in [6, 6.07) is 13.5. The third kappa shape index (κ3) is 6.65. The van der Waals surface area contributed by atoms with Gasteiger partial charge in [0.25, 0.3) is 0 Å². The topological polar surface area (TPSA) is 84.5 Å². The van der Waals surface area contributed by atoms with Gasteiger partial charge in [0.2, 0.25) is 15.9 Å². The number of methoxy groups -OCH3 is 1. The summed E-state index contributed by atoms with van der Waals surface area (Å²) >= 11 is 0. The maximum atomic E-state index is 12.3. The van der Waals surface area contributed by atoms with Gasteiger partial charge in [-0.15, -0.1) is 0 Å². The van der Waals surface area contributed by atoms with Gasteiger partial charge >= 0.3 is 0 Å². The number of rotatable bonds is 11. The summed E-state index contributed by atoms with van der Waals surface area (Å²) in [5.41, 5.74) is 1.33. The summed E-state index contributed by atoms with van der Waals surface area (Å²) in [5, 5.41) is 2.78. The largest absolute Gasteiger partial charge is 0.496 e. The molecule has 0 spiro atoms. The standard InChI is InChI=1S/C21H28N2O4S/c1-3-4-5-8-15-22-28(25,26)19-13-11-18(12-14-19)23-21(24)16-17-9-6-7-10-20(17)27-2/h6-7,9-14,22H,3-5,8,15-16H2,1-2H3,(H,23,24). The molecule has 2 rings (SSSR count). The smallest absolute Gasteiger partial charge is 0.240 e. The average molecular weight is 405 g/mol. The molecule has 2 N–H and O–H groups in total. The zero-order valence-corrected chi connectivity index (χ0v) is 17.2. The van der Waals surface area contributed by atoms with Crippen molar-refractivity contribution in [3.63, 3.8) is 0 Å². The van der Waals surface area contributed by atoms with Crippen LogP contribution in [0.3, 0.4) is 0 Å². The normalized spacial score (nSPS) is 11.2. The van der Waals surface area contributed by atoms with Gasteiger partial charge in [0.05, 0.1) is 18.4 Å². The van der Waals surface area contributed by atoms with Crippen LogP contribution >= 0.6 is 0 Å². The van der Waals surface area contributed by atoms with Crippen LogP contribution in [0, 0.1) is 0 Å². The van der Waals surface area contributed by atoms with E-state index < -0.39 is 10.0 Å². The van der Waals surface area contributed by atoms with Crippen LogP contribution in [0.5, 0.6) is 5.75 Å². The van der Waals surface area contributed by atoms with Crippen molar-refractivity contribution in [2.75, 3.05) is 19.0 Å². The molecule has 0 saturated heterocycles. The highest BCUT2D eigenvalue weighted by Crippen LogP contribution is 2.19. The van der Waals surface area contributed by atoms with Crippen molar-refractivity contribution in [2.24, 2.45) is 0 Å². The fourth-order valence-corrected chi connectivity index (χ4v) is 3.86. The third-order valence-corrected chi connectivity index (χ3v) is 5.79. The quantitative estimate of drug-likeness (QED) is 0.559. The zero-order valence-electron chi connectivity index (χ0n) is 16.4. The van der Waals surface area contributed by atoms with E-state index in [9.17, 15) is 13.2 Å². The molecule has 0 aliphatic rings. The molecule has 152 valence electrons. The number of para-hydroxylation sites is 1. The van der Waals surface area contributed by atoms with E-state index in [-0.39, 0.29) is 17.2 Å². The molecule has 0 radical (unpaired) electrons. The minimum Gasteiger partial charge on any atom is -0.496 e. The van der Waals surface area contributed by atoms with E-state index in [1.54, 1.807) is 25.3 Å². The van der Waals surface area contributed by atoms with Crippen LogP contribution in [0.15, 0.2) is 53.4 Å². The Morgan fingerprint density at radius 3 is 2.39 bits per heavy atom. The molecule has 0 fully saturated rings. The number of carbonyl (C=O) groups is 1. The van der Waals surface area contributed by atoms with E-state index in [2.05, 4.69) is 17.0 Å². The molecule has 0 heterocycles. The predicted molar refractivity (Wildman–Crippen MR) is 111 cm³/mol. The van der Waals surface area contributed by atoms with E-state index in [4.69, 9.17) is 4.74 Å². The molecule has 0 aliphatic heterocycles. The van der Waals surface area contributed by atoms with Crippen molar-refractivity contribution < 1.29 is 17.9 Å². The predicted octanol–water partition coefficient (Wildman–Crippen LogP) is 3.74. The number of anilines is 1. The number of hydrogen-bond donors (Lipinski definition) is 2. The fraction of sp³-hybridized carbons (Fsp3) is 0.381. The molecule has 0 atom stereocenters. The molecule has 2 aromatic rings. The Morgan fingerprint density at radius 2 is 1.71 bits per heavy atom. The highest BCUT2D eigenvalue weighted by Gasteiger charge is 2.14.